The highest BCUT2D eigenvalue weighted by Crippen LogP contribution is 2.39. The van der Waals surface area contributed by atoms with Crippen molar-refractivity contribution < 1.29 is 27.5 Å². The van der Waals surface area contributed by atoms with Crippen molar-refractivity contribution in [3.63, 3.8) is 0 Å². The van der Waals surface area contributed by atoms with Crippen LogP contribution in [0.1, 0.15) is 51.2 Å². The van der Waals surface area contributed by atoms with E-state index in [0.29, 0.717) is 24.4 Å². The number of alkyl halides is 3. The van der Waals surface area contributed by atoms with Gasteiger partial charge in [0.1, 0.15) is 6.04 Å². The molecule has 1 aromatic rings. The van der Waals surface area contributed by atoms with Crippen molar-refractivity contribution in [3.05, 3.63) is 35.4 Å². The highest BCUT2D eigenvalue weighted by atomic mass is 19.4. The average Bonchev–Trinajstić information content (AvgIpc) is 3.28. The van der Waals surface area contributed by atoms with Crippen molar-refractivity contribution in [1.29, 1.82) is 0 Å². The first-order valence-corrected chi connectivity index (χ1v) is 11.7. The minimum Gasteiger partial charge on any atom is -0.450 e. The fourth-order valence-corrected chi connectivity index (χ4v) is 5.07. The Balaban J connectivity index is 1.59. The van der Waals surface area contributed by atoms with Crippen molar-refractivity contribution >= 4 is 12.0 Å². The molecule has 1 aromatic carbocycles. The van der Waals surface area contributed by atoms with E-state index in [1.54, 1.807) is 13.0 Å². The second-order valence-electron chi connectivity index (χ2n) is 9.56. The molecule has 1 aliphatic carbocycles. The van der Waals surface area contributed by atoms with Gasteiger partial charge in [-0.25, -0.2) is 4.79 Å². The van der Waals surface area contributed by atoms with Gasteiger partial charge in [0.05, 0.1) is 12.2 Å². The number of ether oxygens (including phenoxy) is 1. The summed E-state index contributed by atoms with van der Waals surface area (Å²) in [6.07, 6.45) is -2.61. The zero-order valence-corrected chi connectivity index (χ0v) is 19.5. The number of hydrogen-bond donors (Lipinski definition) is 2. The van der Waals surface area contributed by atoms with Gasteiger partial charge in [0.2, 0.25) is 5.91 Å². The van der Waals surface area contributed by atoms with E-state index in [1.807, 2.05) is 13.8 Å². The summed E-state index contributed by atoms with van der Waals surface area (Å²) in [5.41, 5.74) is 0.0100. The molecule has 3 rings (SSSR count). The maximum Gasteiger partial charge on any atom is 0.416 e. The van der Waals surface area contributed by atoms with Gasteiger partial charge in [-0.15, -0.1) is 0 Å². The van der Waals surface area contributed by atoms with Crippen molar-refractivity contribution in [3.8, 4) is 0 Å². The number of carbonyl (C=O) groups is 2. The van der Waals surface area contributed by atoms with E-state index in [2.05, 4.69) is 15.5 Å². The molecule has 0 unspecified atom stereocenters. The van der Waals surface area contributed by atoms with Crippen LogP contribution in [0.15, 0.2) is 24.3 Å². The highest BCUT2D eigenvalue weighted by molar-refractivity contribution is 5.85. The van der Waals surface area contributed by atoms with Crippen LogP contribution in [0.3, 0.4) is 0 Å². The number of amides is 2. The lowest BCUT2D eigenvalue weighted by Gasteiger charge is -2.25. The molecule has 184 valence electrons. The van der Waals surface area contributed by atoms with E-state index < -0.39 is 23.9 Å². The zero-order chi connectivity index (χ0) is 24.2. The van der Waals surface area contributed by atoms with Crippen LogP contribution in [0.4, 0.5) is 18.0 Å². The maximum atomic E-state index is 13.0. The van der Waals surface area contributed by atoms with Gasteiger partial charge in [-0.3, -0.25) is 9.69 Å². The number of benzene rings is 1. The van der Waals surface area contributed by atoms with Gasteiger partial charge in [0.25, 0.3) is 0 Å². The van der Waals surface area contributed by atoms with Gasteiger partial charge in [0.15, 0.2) is 0 Å². The summed E-state index contributed by atoms with van der Waals surface area (Å²) in [5, 5.41) is 5.80. The van der Waals surface area contributed by atoms with Gasteiger partial charge in [-0.2, -0.15) is 13.2 Å². The summed E-state index contributed by atoms with van der Waals surface area (Å²) in [6, 6.07) is 4.80. The molecule has 2 N–H and O–H groups in total. The van der Waals surface area contributed by atoms with Gasteiger partial charge in [0, 0.05) is 25.7 Å². The Labute approximate surface area is 193 Å². The standard InChI is InChI=1S/C24H34F3N3O3/c1-4-33-23(32)29-21(10-15(2)3)22(31)28-20-9-8-17-13-30(14-19(17)20)12-16-6-5-7-18(11-16)24(25,26)27/h5-7,11,15,17,19-21H,4,8-10,12-14H2,1-3H3,(H,28,31)(H,29,32)/t17-,19+,20+,21+/m1/s1. The average molecular weight is 470 g/mol. The summed E-state index contributed by atoms with van der Waals surface area (Å²) < 4.78 is 44.0. The van der Waals surface area contributed by atoms with Crippen LogP contribution in [-0.2, 0) is 22.3 Å². The van der Waals surface area contributed by atoms with E-state index in [4.69, 9.17) is 4.74 Å². The monoisotopic (exact) mass is 469 g/mol. The molecule has 33 heavy (non-hydrogen) atoms. The van der Waals surface area contributed by atoms with Gasteiger partial charge in [-0.05, 0) is 55.6 Å². The minimum absolute atomic E-state index is 0.00679. The second kappa shape index (κ2) is 10.8. The van der Waals surface area contributed by atoms with Crippen molar-refractivity contribution in [2.75, 3.05) is 19.7 Å². The Bertz CT molecular complexity index is 831. The largest absolute Gasteiger partial charge is 0.450 e. The number of fused-ring (bicyclic) bond motifs is 1. The van der Waals surface area contributed by atoms with Crippen molar-refractivity contribution in [1.82, 2.24) is 15.5 Å². The number of rotatable bonds is 8. The van der Waals surface area contributed by atoms with Crippen LogP contribution in [0.5, 0.6) is 0 Å². The van der Waals surface area contributed by atoms with Crippen LogP contribution >= 0.6 is 0 Å². The summed E-state index contributed by atoms with van der Waals surface area (Å²) in [7, 11) is 0. The van der Waals surface area contributed by atoms with E-state index >= 15 is 0 Å². The Hall–Kier alpha value is -2.29. The lowest BCUT2D eigenvalue weighted by molar-refractivity contribution is -0.137. The topological polar surface area (TPSA) is 70.7 Å². The fourth-order valence-electron chi connectivity index (χ4n) is 5.07. The van der Waals surface area contributed by atoms with Crippen LogP contribution in [0.25, 0.3) is 0 Å². The van der Waals surface area contributed by atoms with Crippen molar-refractivity contribution in [2.45, 2.75) is 64.8 Å². The zero-order valence-electron chi connectivity index (χ0n) is 19.5. The third kappa shape index (κ3) is 6.85. The number of nitrogens with zero attached hydrogens (tertiary/aromatic N) is 1. The number of nitrogens with one attached hydrogen (secondary N) is 2. The quantitative estimate of drug-likeness (QED) is 0.599. The molecular weight excluding hydrogens is 435 g/mol. The van der Waals surface area contributed by atoms with E-state index in [-0.39, 0.29) is 30.4 Å². The predicted octanol–water partition coefficient (Wildman–Crippen LogP) is 4.19. The van der Waals surface area contributed by atoms with Gasteiger partial charge in [-0.1, -0.05) is 32.0 Å². The number of halogens is 3. The normalized spacial score (nSPS) is 23.9. The number of likely N-dealkylation sites (tertiary alicyclic amines) is 1. The van der Waals surface area contributed by atoms with Crippen LogP contribution < -0.4 is 10.6 Å². The molecule has 2 amide bonds. The van der Waals surface area contributed by atoms with E-state index in [1.165, 1.54) is 12.1 Å². The Morgan fingerprint density at radius 3 is 2.64 bits per heavy atom. The molecule has 6 nitrogen and oxygen atoms in total. The molecule has 9 heteroatoms. The third-order valence-corrected chi connectivity index (χ3v) is 6.51. The summed E-state index contributed by atoms with van der Waals surface area (Å²) in [6.45, 7) is 7.91. The van der Waals surface area contributed by atoms with Gasteiger partial charge >= 0.3 is 12.3 Å². The van der Waals surface area contributed by atoms with Crippen LogP contribution in [-0.4, -0.2) is 48.7 Å². The lowest BCUT2D eigenvalue weighted by Crippen LogP contribution is -2.51. The second-order valence-corrected chi connectivity index (χ2v) is 9.56. The molecule has 4 atom stereocenters. The lowest BCUT2D eigenvalue weighted by atomic mass is 9.97. The SMILES string of the molecule is CCOC(=O)N[C@@H](CC(C)C)C(=O)N[C@H]1CC[C@@H]2CN(Cc3cccc(C(F)(F)F)c3)C[C@@H]21. The first kappa shape index (κ1) is 25.3. The molecule has 0 radical (unpaired) electrons. The molecule has 2 fully saturated rings. The molecule has 0 bridgehead atoms. The molecular formula is C24H34F3N3O3. The smallest absolute Gasteiger partial charge is 0.416 e. The number of hydrogen-bond acceptors (Lipinski definition) is 4. The molecule has 1 heterocycles. The molecule has 0 aromatic heterocycles. The Kier molecular flexibility index (Phi) is 8.26. The Morgan fingerprint density at radius 2 is 1.97 bits per heavy atom. The van der Waals surface area contributed by atoms with E-state index in [0.717, 1.165) is 32.0 Å². The first-order valence-electron chi connectivity index (χ1n) is 11.7. The maximum absolute atomic E-state index is 13.0. The molecule has 1 saturated heterocycles. The van der Waals surface area contributed by atoms with Crippen molar-refractivity contribution in [2.24, 2.45) is 17.8 Å². The third-order valence-electron chi connectivity index (χ3n) is 6.51. The number of alkyl carbamates (subject to hydrolysis) is 1. The van der Waals surface area contributed by atoms with E-state index in [9.17, 15) is 22.8 Å². The molecule has 0 spiro atoms. The molecule has 1 saturated carbocycles. The van der Waals surface area contributed by atoms with Crippen LogP contribution in [0.2, 0.25) is 0 Å². The predicted molar refractivity (Wildman–Crippen MR) is 118 cm³/mol. The summed E-state index contributed by atoms with van der Waals surface area (Å²) >= 11 is 0. The summed E-state index contributed by atoms with van der Waals surface area (Å²) in [4.78, 5) is 27.0. The molecule has 2 aliphatic rings. The number of carbonyl (C=O) groups excluding carboxylic acids is 2. The highest BCUT2D eigenvalue weighted by Gasteiger charge is 2.43. The van der Waals surface area contributed by atoms with Gasteiger partial charge < -0.3 is 15.4 Å². The molecule has 1 aliphatic heterocycles. The summed E-state index contributed by atoms with van der Waals surface area (Å²) in [5.74, 6) is 0.664. The van der Waals surface area contributed by atoms with Crippen LogP contribution in [0, 0.1) is 17.8 Å². The fraction of sp³-hybridized carbons (Fsp3) is 0.667. The Morgan fingerprint density at radius 1 is 1.21 bits per heavy atom. The minimum atomic E-state index is -4.35. The first-order chi connectivity index (χ1) is 15.6.